The van der Waals surface area contributed by atoms with E-state index in [1.165, 1.54) is 5.57 Å². The summed E-state index contributed by atoms with van der Waals surface area (Å²) in [5.74, 6) is 0.736. The monoisotopic (exact) mass is 430 g/mol. The summed E-state index contributed by atoms with van der Waals surface area (Å²) in [6, 6.07) is 6.05. The first-order valence-corrected chi connectivity index (χ1v) is 10.6. The van der Waals surface area contributed by atoms with E-state index >= 15 is 0 Å². The topological polar surface area (TPSA) is 103 Å². The van der Waals surface area contributed by atoms with Gasteiger partial charge in [0.1, 0.15) is 17.8 Å². The van der Waals surface area contributed by atoms with Crippen molar-refractivity contribution in [3.63, 3.8) is 0 Å². The van der Waals surface area contributed by atoms with Gasteiger partial charge in [0.15, 0.2) is 0 Å². The number of amides is 2. The molecule has 0 saturated heterocycles. The Bertz CT molecular complexity index is 1330. The zero-order chi connectivity index (χ0) is 22.3. The van der Waals surface area contributed by atoms with Gasteiger partial charge >= 0.3 is 6.03 Å². The average molecular weight is 431 g/mol. The number of hydrogen-bond donors (Lipinski definition) is 3. The van der Waals surface area contributed by atoms with Crippen LogP contribution in [0.15, 0.2) is 49.3 Å². The van der Waals surface area contributed by atoms with E-state index in [1.807, 2.05) is 54.6 Å². The Balaban J connectivity index is 1.37. The van der Waals surface area contributed by atoms with Gasteiger partial charge in [-0.3, -0.25) is 0 Å². The number of hydrogen-bond acceptors (Lipinski definition) is 5. The SMILES string of the molecule is CC(C)(C)NC(=O)N1CC=C(c2cc3c(Nc4ccc5cncn5c4)ncnc3[nH]2)CC1. The zero-order valence-electron chi connectivity index (χ0n) is 18.4. The molecular weight excluding hydrogens is 404 g/mol. The molecule has 9 heteroatoms. The van der Waals surface area contributed by atoms with Gasteiger partial charge in [-0.25, -0.2) is 19.7 Å². The standard InChI is InChI=1S/C23H26N8O/c1-23(2,3)29-22(32)30-8-6-15(7-9-30)19-10-18-20(25-13-26-21(18)28-19)27-16-4-5-17-11-24-14-31(17)12-16/h4-6,10-14H,7-9H2,1-3H3,(H,29,32)(H2,25,26,27,28). The lowest BCUT2D eigenvalue weighted by Crippen LogP contribution is -2.49. The molecule has 0 bridgehead atoms. The third kappa shape index (κ3) is 4.01. The predicted octanol–water partition coefficient (Wildman–Crippen LogP) is 3.95. The number of carbonyl (C=O) groups is 1. The van der Waals surface area contributed by atoms with Crippen molar-refractivity contribution < 1.29 is 4.79 Å². The molecule has 0 atom stereocenters. The van der Waals surface area contributed by atoms with Gasteiger partial charge in [-0.05, 0) is 51.0 Å². The summed E-state index contributed by atoms with van der Waals surface area (Å²) in [6.45, 7) is 7.21. The largest absolute Gasteiger partial charge is 0.339 e. The highest BCUT2D eigenvalue weighted by molar-refractivity contribution is 5.92. The maximum Gasteiger partial charge on any atom is 0.318 e. The maximum absolute atomic E-state index is 12.4. The molecule has 4 aromatic rings. The number of pyridine rings is 1. The van der Waals surface area contributed by atoms with Gasteiger partial charge in [-0.1, -0.05) is 6.08 Å². The Morgan fingerprint density at radius 2 is 2.09 bits per heavy atom. The summed E-state index contributed by atoms with van der Waals surface area (Å²) >= 11 is 0. The second kappa shape index (κ2) is 7.67. The van der Waals surface area contributed by atoms with Crippen LogP contribution >= 0.6 is 0 Å². The molecule has 4 aromatic heterocycles. The lowest BCUT2D eigenvalue weighted by molar-refractivity contribution is 0.193. The lowest BCUT2D eigenvalue weighted by Gasteiger charge is -2.30. The van der Waals surface area contributed by atoms with E-state index in [1.54, 1.807) is 12.7 Å². The smallest absolute Gasteiger partial charge is 0.318 e. The first-order valence-electron chi connectivity index (χ1n) is 10.6. The van der Waals surface area contributed by atoms with Crippen molar-refractivity contribution in [2.24, 2.45) is 0 Å². The van der Waals surface area contributed by atoms with Gasteiger partial charge in [-0.2, -0.15) is 0 Å². The van der Waals surface area contributed by atoms with Crippen molar-refractivity contribution in [1.29, 1.82) is 0 Å². The summed E-state index contributed by atoms with van der Waals surface area (Å²) < 4.78 is 1.96. The number of carbonyl (C=O) groups excluding carboxylic acids is 1. The minimum Gasteiger partial charge on any atom is -0.339 e. The average Bonchev–Trinajstić information content (AvgIpc) is 3.40. The molecule has 0 unspecified atom stereocenters. The molecule has 32 heavy (non-hydrogen) atoms. The second-order valence-electron chi connectivity index (χ2n) is 9.04. The van der Waals surface area contributed by atoms with Gasteiger partial charge in [-0.15, -0.1) is 0 Å². The number of anilines is 2. The Kier molecular flexibility index (Phi) is 4.80. The van der Waals surface area contributed by atoms with Crippen LogP contribution in [0, 0.1) is 0 Å². The van der Waals surface area contributed by atoms with Crippen molar-refractivity contribution in [2.75, 3.05) is 18.4 Å². The van der Waals surface area contributed by atoms with Crippen molar-refractivity contribution in [2.45, 2.75) is 32.7 Å². The fraction of sp³-hybridized carbons (Fsp3) is 0.304. The molecule has 3 N–H and O–H groups in total. The van der Waals surface area contributed by atoms with Gasteiger partial charge in [0.2, 0.25) is 0 Å². The molecule has 0 aliphatic carbocycles. The van der Waals surface area contributed by atoms with E-state index in [0.29, 0.717) is 13.1 Å². The third-order valence-electron chi connectivity index (χ3n) is 5.42. The van der Waals surface area contributed by atoms with Crippen LogP contribution in [0.4, 0.5) is 16.3 Å². The Hall–Kier alpha value is -3.88. The van der Waals surface area contributed by atoms with E-state index in [9.17, 15) is 4.79 Å². The highest BCUT2D eigenvalue weighted by Crippen LogP contribution is 2.29. The molecule has 0 radical (unpaired) electrons. The van der Waals surface area contributed by atoms with Crippen molar-refractivity contribution in [1.82, 2.24) is 34.6 Å². The molecule has 2 amide bonds. The zero-order valence-corrected chi connectivity index (χ0v) is 18.4. The van der Waals surface area contributed by atoms with E-state index < -0.39 is 0 Å². The number of nitrogens with zero attached hydrogens (tertiary/aromatic N) is 5. The predicted molar refractivity (Wildman–Crippen MR) is 125 cm³/mol. The number of H-pyrrole nitrogens is 1. The van der Waals surface area contributed by atoms with E-state index in [0.717, 1.165) is 40.2 Å². The molecule has 1 aliphatic heterocycles. The summed E-state index contributed by atoms with van der Waals surface area (Å²) in [4.78, 5) is 30.7. The van der Waals surface area contributed by atoms with Crippen LogP contribution in [-0.2, 0) is 0 Å². The van der Waals surface area contributed by atoms with E-state index in [-0.39, 0.29) is 11.6 Å². The summed E-state index contributed by atoms with van der Waals surface area (Å²) in [5.41, 5.74) is 4.65. The lowest BCUT2D eigenvalue weighted by atomic mass is 10.0. The number of nitrogens with one attached hydrogen (secondary N) is 3. The van der Waals surface area contributed by atoms with Crippen LogP contribution < -0.4 is 10.6 Å². The van der Waals surface area contributed by atoms with Crippen LogP contribution in [0.25, 0.3) is 22.1 Å². The summed E-state index contributed by atoms with van der Waals surface area (Å²) in [7, 11) is 0. The highest BCUT2D eigenvalue weighted by atomic mass is 16.2. The molecule has 1 aliphatic rings. The van der Waals surface area contributed by atoms with Crippen molar-refractivity contribution in [3.8, 4) is 0 Å². The number of urea groups is 1. The Labute approximate surface area is 185 Å². The van der Waals surface area contributed by atoms with Crippen molar-refractivity contribution >= 4 is 39.7 Å². The number of aromatic amines is 1. The number of fused-ring (bicyclic) bond motifs is 2. The second-order valence-corrected chi connectivity index (χ2v) is 9.04. The van der Waals surface area contributed by atoms with E-state index in [4.69, 9.17) is 0 Å². The fourth-order valence-electron chi connectivity index (χ4n) is 3.84. The third-order valence-corrected chi connectivity index (χ3v) is 5.42. The van der Waals surface area contributed by atoms with Crippen molar-refractivity contribution in [3.05, 3.63) is 55.0 Å². The normalized spacial score (nSPS) is 14.6. The van der Waals surface area contributed by atoms with Crippen LogP contribution in [0.2, 0.25) is 0 Å². The molecule has 0 fully saturated rings. The first kappa shape index (κ1) is 20.0. The number of aromatic nitrogens is 5. The van der Waals surface area contributed by atoms with E-state index in [2.05, 4.69) is 42.7 Å². The minimum atomic E-state index is -0.247. The van der Waals surface area contributed by atoms with Crippen LogP contribution in [-0.4, -0.2) is 53.9 Å². The maximum atomic E-state index is 12.4. The fourth-order valence-corrected chi connectivity index (χ4v) is 3.84. The molecular formula is C23H26N8O. The quantitative estimate of drug-likeness (QED) is 0.457. The number of imidazole rings is 1. The van der Waals surface area contributed by atoms with Gasteiger partial charge in [0.05, 0.1) is 29.1 Å². The molecule has 5 rings (SSSR count). The molecule has 5 heterocycles. The van der Waals surface area contributed by atoms with Crippen LogP contribution in [0.3, 0.4) is 0 Å². The molecule has 0 aromatic carbocycles. The highest BCUT2D eigenvalue weighted by Gasteiger charge is 2.22. The molecule has 0 saturated carbocycles. The number of rotatable bonds is 3. The van der Waals surface area contributed by atoms with Crippen LogP contribution in [0.5, 0.6) is 0 Å². The molecule has 9 nitrogen and oxygen atoms in total. The summed E-state index contributed by atoms with van der Waals surface area (Å²) in [5, 5.41) is 7.33. The van der Waals surface area contributed by atoms with Gasteiger partial charge in [0, 0.05) is 30.5 Å². The summed E-state index contributed by atoms with van der Waals surface area (Å²) in [6.07, 6.45) is 9.99. The first-order chi connectivity index (χ1) is 15.4. The van der Waals surface area contributed by atoms with Crippen LogP contribution in [0.1, 0.15) is 32.9 Å². The Morgan fingerprint density at radius 3 is 2.88 bits per heavy atom. The van der Waals surface area contributed by atoms with Gasteiger partial charge in [0.25, 0.3) is 0 Å². The van der Waals surface area contributed by atoms with Gasteiger partial charge < -0.3 is 24.9 Å². The Morgan fingerprint density at radius 1 is 1.22 bits per heavy atom. The molecule has 0 spiro atoms. The molecule has 164 valence electrons. The minimum absolute atomic E-state index is 0.0309.